The molecule has 1 aliphatic heterocycles. The van der Waals surface area contributed by atoms with E-state index in [-0.39, 0.29) is 31.4 Å². The lowest BCUT2D eigenvalue weighted by Crippen LogP contribution is -2.47. The Kier molecular flexibility index (Phi) is 4.57. The van der Waals surface area contributed by atoms with Crippen molar-refractivity contribution in [3.8, 4) is 5.88 Å². The maximum Gasteiger partial charge on any atom is 0.306 e. The fourth-order valence-electron chi connectivity index (χ4n) is 1.90. The summed E-state index contributed by atoms with van der Waals surface area (Å²) in [5, 5.41) is 12.3. The highest BCUT2D eigenvalue weighted by atomic mass is 16.5. The zero-order valence-electron chi connectivity index (χ0n) is 11.1. The Balaban J connectivity index is 1.81. The summed E-state index contributed by atoms with van der Waals surface area (Å²) >= 11 is 0. The van der Waals surface area contributed by atoms with E-state index in [1.54, 1.807) is 13.0 Å². The molecule has 1 fully saturated rings. The second kappa shape index (κ2) is 6.38. The monoisotopic (exact) mass is 284 g/mol. The van der Waals surface area contributed by atoms with Gasteiger partial charge < -0.3 is 24.0 Å². The molecular formula is C12H16N2O6. The Morgan fingerprint density at radius 1 is 1.60 bits per heavy atom. The number of ether oxygens (including phenoxy) is 2. The van der Waals surface area contributed by atoms with Crippen molar-refractivity contribution in [3.63, 3.8) is 0 Å². The predicted molar refractivity (Wildman–Crippen MR) is 65.3 cm³/mol. The van der Waals surface area contributed by atoms with Crippen LogP contribution in [0, 0.1) is 6.92 Å². The normalized spacial score (nSPS) is 18.9. The standard InChI is InChI=1S/C12H16N2O6/c1-8-4-10(13-20-8)19-7-11(15)14-2-3-18-9(6-14)5-12(16)17/h4,9H,2-3,5-7H2,1H3,(H,16,17). The molecule has 1 unspecified atom stereocenters. The molecule has 8 nitrogen and oxygen atoms in total. The van der Waals surface area contributed by atoms with Crippen LogP contribution in [0.5, 0.6) is 5.88 Å². The fraction of sp³-hybridized carbons (Fsp3) is 0.583. The summed E-state index contributed by atoms with van der Waals surface area (Å²) < 4.78 is 15.3. The van der Waals surface area contributed by atoms with Crippen molar-refractivity contribution in [1.82, 2.24) is 10.1 Å². The molecule has 0 bridgehead atoms. The maximum atomic E-state index is 11.9. The summed E-state index contributed by atoms with van der Waals surface area (Å²) in [6, 6.07) is 1.58. The number of amides is 1. The topological polar surface area (TPSA) is 102 Å². The number of morpholine rings is 1. The second-order valence-electron chi connectivity index (χ2n) is 4.49. The fourth-order valence-corrected chi connectivity index (χ4v) is 1.90. The first-order valence-electron chi connectivity index (χ1n) is 6.22. The van der Waals surface area contributed by atoms with Crippen molar-refractivity contribution in [2.75, 3.05) is 26.3 Å². The number of aromatic nitrogens is 1. The largest absolute Gasteiger partial charge is 0.481 e. The van der Waals surface area contributed by atoms with Gasteiger partial charge in [-0.15, -0.1) is 0 Å². The molecule has 0 spiro atoms. The molecule has 20 heavy (non-hydrogen) atoms. The van der Waals surface area contributed by atoms with Gasteiger partial charge in [-0.25, -0.2) is 0 Å². The minimum absolute atomic E-state index is 0.118. The van der Waals surface area contributed by atoms with Gasteiger partial charge in [0.2, 0.25) is 0 Å². The Morgan fingerprint density at radius 3 is 3.05 bits per heavy atom. The Bertz CT molecular complexity index is 486. The van der Waals surface area contributed by atoms with Crippen molar-refractivity contribution in [1.29, 1.82) is 0 Å². The van der Waals surface area contributed by atoms with Gasteiger partial charge in [0, 0.05) is 19.2 Å². The van der Waals surface area contributed by atoms with E-state index in [4.69, 9.17) is 19.1 Å². The van der Waals surface area contributed by atoms with Crippen LogP contribution in [0.2, 0.25) is 0 Å². The van der Waals surface area contributed by atoms with Crippen molar-refractivity contribution < 1.29 is 28.7 Å². The predicted octanol–water partition coefficient (Wildman–Crippen LogP) is 0.0639. The molecule has 0 aromatic carbocycles. The zero-order valence-corrected chi connectivity index (χ0v) is 11.1. The van der Waals surface area contributed by atoms with Gasteiger partial charge in [0.1, 0.15) is 5.76 Å². The van der Waals surface area contributed by atoms with Crippen LogP contribution in [0.4, 0.5) is 0 Å². The lowest BCUT2D eigenvalue weighted by Gasteiger charge is -2.32. The minimum atomic E-state index is -0.946. The summed E-state index contributed by atoms with van der Waals surface area (Å²) in [5.74, 6) is -0.325. The SMILES string of the molecule is Cc1cc(OCC(=O)N2CCOC(CC(=O)O)C2)no1. The summed E-state index contributed by atoms with van der Waals surface area (Å²) in [6.07, 6.45) is -0.591. The highest BCUT2D eigenvalue weighted by Gasteiger charge is 2.26. The summed E-state index contributed by atoms with van der Waals surface area (Å²) in [7, 11) is 0. The number of carboxylic acids is 1. The lowest BCUT2D eigenvalue weighted by molar-refractivity contribution is -0.148. The molecule has 110 valence electrons. The Morgan fingerprint density at radius 2 is 2.40 bits per heavy atom. The van der Waals surface area contributed by atoms with Gasteiger partial charge in [0.05, 0.1) is 19.1 Å². The molecule has 2 heterocycles. The molecule has 8 heteroatoms. The van der Waals surface area contributed by atoms with Crippen LogP contribution < -0.4 is 4.74 Å². The minimum Gasteiger partial charge on any atom is -0.481 e. The number of aryl methyl sites for hydroxylation is 1. The molecule has 1 N–H and O–H groups in total. The van der Waals surface area contributed by atoms with Crippen LogP contribution >= 0.6 is 0 Å². The molecule has 2 rings (SSSR count). The van der Waals surface area contributed by atoms with E-state index < -0.39 is 12.1 Å². The summed E-state index contributed by atoms with van der Waals surface area (Å²) in [5.41, 5.74) is 0. The average Bonchev–Trinajstić information content (AvgIpc) is 2.81. The van der Waals surface area contributed by atoms with Crippen LogP contribution in [0.15, 0.2) is 10.6 Å². The van der Waals surface area contributed by atoms with Crippen LogP contribution in [0.25, 0.3) is 0 Å². The Hall–Kier alpha value is -2.09. The van der Waals surface area contributed by atoms with Crippen molar-refractivity contribution in [2.45, 2.75) is 19.4 Å². The molecule has 0 saturated carbocycles. The first-order chi connectivity index (χ1) is 9.54. The number of nitrogens with zero attached hydrogens (tertiary/aromatic N) is 2. The molecular weight excluding hydrogens is 268 g/mol. The van der Waals surface area contributed by atoms with E-state index in [1.165, 1.54) is 4.90 Å². The number of carbonyl (C=O) groups excluding carboxylic acids is 1. The van der Waals surface area contributed by atoms with Gasteiger partial charge in [-0.3, -0.25) is 9.59 Å². The van der Waals surface area contributed by atoms with E-state index in [9.17, 15) is 9.59 Å². The van der Waals surface area contributed by atoms with Crippen LogP contribution in [0.3, 0.4) is 0 Å². The van der Waals surface area contributed by atoms with Gasteiger partial charge in [0.25, 0.3) is 11.8 Å². The van der Waals surface area contributed by atoms with Crippen molar-refractivity contribution in [2.24, 2.45) is 0 Å². The van der Waals surface area contributed by atoms with Gasteiger partial charge in [-0.1, -0.05) is 0 Å². The van der Waals surface area contributed by atoms with Crippen LogP contribution in [0.1, 0.15) is 12.2 Å². The molecule has 0 aliphatic carbocycles. The third kappa shape index (κ3) is 3.95. The van der Waals surface area contributed by atoms with Gasteiger partial charge in [-0.05, 0) is 12.1 Å². The molecule has 1 aliphatic rings. The molecule has 1 atom stereocenters. The zero-order chi connectivity index (χ0) is 14.5. The van der Waals surface area contributed by atoms with E-state index in [0.717, 1.165) is 0 Å². The van der Waals surface area contributed by atoms with E-state index in [0.29, 0.717) is 18.9 Å². The summed E-state index contributed by atoms with van der Waals surface area (Å²) in [4.78, 5) is 24.1. The molecule has 1 aromatic heterocycles. The third-order valence-corrected chi connectivity index (χ3v) is 2.84. The third-order valence-electron chi connectivity index (χ3n) is 2.84. The van der Waals surface area contributed by atoms with Gasteiger partial charge >= 0.3 is 5.97 Å². The number of aliphatic carboxylic acids is 1. The molecule has 1 aromatic rings. The maximum absolute atomic E-state index is 11.9. The van der Waals surface area contributed by atoms with Crippen molar-refractivity contribution in [3.05, 3.63) is 11.8 Å². The smallest absolute Gasteiger partial charge is 0.306 e. The first kappa shape index (κ1) is 14.3. The lowest BCUT2D eigenvalue weighted by atomic mass is 10.2. The summed E-state index contributed by atoms with van der Waals surface area (Å²) in [6.45, 7) is 2.57. The van der Waals surface area contributed by atoms with E-state index >= 15 is 0 Å². The van der Waals surface area contributed by atoms with Gasteiger partial charge in [-0.2, -0.15) is 0 Å². The van der Waals surface area contributed by atoms with Crippen molar-refractivity contribution >= 4 is 11.9 Å². The molecule has 1 saturated heterocycles. The number of hydrogen-bond donors (Lipinski definition) is 1. The van der Waals surface area contributed by atoms with Crippen LogP contribution in [-0.4, -0.2) is 59.4 Å². The van der Waals surface area contributed by atoms with Crippen LogP contribution in [-0.2, 0) is 14.3 Å². The number of carboxylic acid groups (broad SMARTS) is 1. The number of rotatable bonds is 5. The second-order valence-corrected chi connectivity index (χ2v) is 4.49. The number of carbonyl (C=O) groups is 2. The highest BCUT2D eigenvalue weighted by Crippen LogP contribution is 2.12. The van der Waals surface area contributed by atoms with Gasteiger partial charge in [0.15, 0.2) is 6.61 Å². The highest BCUT2D eigenvalue weighted by molar-refractivity contribution is 5.78. The Labute approximate surface area is 115 Å². The van der Waals surface area contributed by atoms with E-state index in [2.05, 4.69) is 5.16 Å². The first-order valence-corrected chi connectivity index (χ1v) is 6.22. The molecule has 1 amide bonds. The number of hydrogen-bond acceptors (Lipinski definition) is 6. The van der Waals surface area contributed by atoms with E-state index in [1.807, 2.05) is 0 Å². The average molecular weight is 284 g/mol. The molecule has 0 radical (unpaired) electrons. The quantitative estimate of drug-likeness (QED) is 0.815.